The average Bonchev–Trinajstić information content (AvgIpc) is 3.31. The standard InChI is InChI=1S/C23H24N6O/c1-23(2)12-20(17-14-24-29(21(17)13-23)16-8-4-3-5-9-16)25-22(30)15-28-26-18-10-6-7-11-19(18)27-28/h3-11,14,20H,12-13,15H2,1-2H3,(H,25,30). The number of hydrogen-bond donors (Lipinski definition) is 1. The van der Waals surface area contributed by atoms with Gasteiger partial charge < -0.3 is 5.32 Å². The summed E-state index contributed by atoms with van der Waals surface area (Å²) in [6, 6.07) is 17.7. The van der Waals surface area contributed by atoms with Crippen LogP contribution in [0.1, 0.15) is 37.6 Å². The molecule has 4 aromatic rings. The van der Waals surface area contributed by atoms with Crippen molar-refractivity contribution in [2.75, 3.05) is 0 Å². The number of benzene rings is 2. The van der Waals surface area contributed by atoms with Gasteiger partial charge in [0.15, 0.2) is 0 Å². The van der Waals surface area contributed by atoms with E-state index in [1.54, 1.807) is 0 Å². The highest BCUT2D eigenvalue weighted by Crippen LogP contribution is 2.41. The fourth-order valence-electron chi connectivity index (χ4n) is 4.31. The SMILES string of the molecule is CC1(C)Cc2c(cnn2-c2ccccc2)C(NC(=O)Cn2nc3ccccc3n2)C1. The minimum absolute atomic E-state index is 0.0517. The lowest BCUT2D eigenvalue weighted by Crippen LogP contribution is -2.38. The summed E-state index contributed by atoms with van der Waals surface area (Å²) in [7, 11) is 0. The summed E-state index contributed by atoms with van der Waals surface area (Å²) in [5.74, 6) is -0.101. The lowest BCUT2D eigenvalue weighted by Gasteiger charge is -2.36. The number of rotatable bonds is 4. The van der Waals surface area contributed by atoms with Crippen molar-refractivity contribution in [3.63, 3.8) is 0 Å². The Morgan fingerprint density at radius 1 is 1.07 bits per heavy atom. The Balaban J connectivity index is 1.39. The van der Waals surface area contributed by atoms with Gasteiger partial charge in [0.25, 0.3) is 0 Å². The van der Waals surface area contributed by atoms with E-state index in [1.165, 1.54) is 4.80 Å². The molecule has 1 atom stereocenters. The monoisotopic (exact) mass is 400 g/mol. The molecule has 152 valence electrons. The van der Waals surface area contributed by atoms with Gasteiger partial charge in [-0.15, -0.1) is 0 Å². The van der Waals surface area contributed by atoms with Gasteiger partial charge in [-0.05, 0) is 42.5 Å². The molecule has 30 heavy (non-hydrogen) atoms. The van der Waals surface area contributed by atoms with Crippen LogP contribution in [0.4, 0.5) is 0 Å². The minimum atomic E-state index is -0.101. The van der Waals surface area contributed by atoms with E-state index in [0.717, 1.165) is 40.8 Å². The normalized spacial score (nSPS) is 17.6. The number of fused-ring (bicyclic) bond motifs is 2. The molecule has 0 fully saturated rings. The maximum absolute atomic E-state index is 12.8. The topological polar surface area (TPSA) is 77.6 Å². The predicted octanol–water partition coefficient (Wildman–Crippen LogP) is 3.45. The number of amides is 1. The summed E-state index contributed by atoms with van der Waals surface area (Å²) >= 11 is 0. The van der Waals surface area contributed by atoms with Crippen LogP contribution in [0.5, 0.6) is 0 Å². The molecule has 2 aromatic carbocycles. The summed E-state index contributed by atoms with van der Waals surface area (Å²) in [5.41, 5.74) is 4.91. The number of carbonyl (C=O) groups is 1. The highest BCUT2D eigenvalue weighted by atomic mass is 16.2. The second-order valence-electron chi connectivity index (χ2n) is 8.68. The Morgan fingerprint density at radius 2 is 1.73 bits per heavy atom. The van der Waals surface area contributed by atoms with Gasteiger partial charge >= 0.3 is 0 Å². The fourth-order valence-corrected chi connectivity index (χ4v) is 4.31. The van der Waals surface area contributed by atoms with Crippen molar-refractivity contribution in [2.45, 2.75) is 39.3 Å². The van der Waals surface area contributed by atoms with Gasteiger partial charge in [0.1, 0.15) is 17.6 Å². The predicted molar refractivity (Wildman–Crippen MR) is 114 cm³/mol. The molecular weight excluding hydrogens is 376 g/mol. The first-order valence-electron chi connectivity index (χ1n) is 10.2. The molecule has 0 spiro atoms. The zero-order valence-corrected chi connectivity index (χ0v) is 17.1. The molecular formula is C23H24N6O. The molecule has 2 heterocycles. The molecule has 0 bridgehead atoms. The molecule has 1 unspecified atom stereocenters. The van der Waals surface area contributed by atoms with Crippen molar-refractivity contribution >= 4 is 16.9 Å². The third kappa shape index (κ3) is 3.47. The van der Waals surface area contributed by atoms with Gasteiger partial charge in [0, 0.05) is 5.56 Å². The van der Waals surface area contributed by atoms with E-state index in [-0.39, 0.29) is 23.9 Å². The molecule has 0 radical (unpaired) electrons. The van der Waals surface area contributed by atoms with E-state index in [9.17, 15) is 4.79 Å². The van der Waals surface area contributed by atoms with Crippen LogP contribution in [-0.4, -0.2) is 30.7 Å². The molecule has 1 N–H and O–H groups in total. The summed E-state index contributed by atoms with van der Waals surface area (Å²) < 4.78 is 2.00. The van der Waals surface area contributed by atoms with Crippen LogP contribution >= 0.6 is 0 Å². The second-order valence-corrected chi connectivity index (χ2v) is 8.68. The number of para-hydroxylation sites is 1. The van der Waals surface area contributed by atoms with Crippen molar-refractivity contribution in [1.82, 2.24) is 30.1 Å². The smallest absolute Gasteiger partial charge is 0.244 e. The van der Waals surface area contributed by atoms with Crippen LogP contribution in [0.3, 0.4) is 0 Å². The van der Waals surface area contributed by atoms with E-state index < -0.39 is 0 Å². The number of hydrogen-bond acceptors (Lipinski definition) is 4. The zero-order chi connectivity index (χ0) is 20.7. The highest BCUT2D eigenvalue weighted by Gasteiger charge is 2.36. The lowest BCUT2D eigenvalue weighted by atomic mass is 9.74. The van der Waals surface area contributed by atoms with Crippen molar-refractivity contribution in [3.05, 3.63) is 72.1 Å². The highest BCUT2D eigenvalue weighted by molar-refractivity contribution is 5.77. The first-order chi connectivity index (χ1) is 14.5. The van der Waals surface area contributed by atoms with Crippen molar-refractivity contribution in [2.24, 2.45) is 5.41 Å². The van der Waals surface area contributed by atoms with Gasteiger partial charge in [-0.25, -0.2) is 4.68 Å². The van der Waals surface area contributed by atoms with Crippen LogP contribution < -0.4 is 5.32 Å². The van der Waals surface area contributed by atoms with Crippen LogP contribution in [0.15, 0.2) is 60.8 Å². The quantitative estimate of drug-likeness (QED) is 0.569. The van der Waals surface area contributed by atoms with Gasteiger partial charge in [-0.1, -0.05) is 44.2 Å². The molecule has 1 amide bonds. The molecule has 0 aliphatic heterocycles. The van der Waals surface area contributed by atoms with E-state index in [2.05, 4.69) is 46.6 Å². The molecule has 2 aromatic heterocycles. The second kappa shape index (κ2) is 7.09. The first-order valence-corrected chi connectivity index (χ1v) is 10.2. The van der Waals surface area contributed by atoms with Crippen molar-refractivity contribution in [1.29, 1.82) is 0 Å². The molecule has 0 saturated carbocycles. The Morgan fingerprint density at radius 3 is 2.43 bits per heavy atom. The largest absolute Gasteiger partial charge is 0.347 e. The van der Waals surface area contributed by atoms with Gasteiger partial charge in [-0.2, -0.15) is 20.1 Å². The van der Waals surface area contributed by atoms with E-state index in [4.69, 9.17) is 0 Å². The van der Waals surface area contributed by atoms with Gasteiger partial charge in [-0.3, -0.25) is 4.79 Å². The third-order valence-electron chi connectivity index (χ3n) is 5.63. The summed E-state index contributed by atoms with van der Waals surface area (Å²) in [5, 5.41) is 16.6. The molecule has 5 rings (SSSR count). The third-order valence-corrected chi connectivity index (χ3v) is 5.63. The Bertz CT molecular complexity index is 1170. The molecule has 7 heteroatoms. The van der Waals surface area contributed by atoms with E-state index in [0.29, 0.717) is 0 Å². The number of carbonyl (C=O) groups excluding carboxylic acids is 1. The summed E-state index contributed by atoms with van der Waals surface area (Å²) in [6.07, 6.45) is 3.67. The maximum atomic E-state index is 12.8. The first kappa shape index (κ1) is 18.5. The number of aromatic nitrogens is 5. The molecule has 0 saturated heterocycles. The summed E-state index contributed by atoms with van der Waals surface area (Å²) in [6.45, 7) is 4.56. The molecule has 1 aliphatic rings. The maximum Gasteiger partial charge on any atom is 0.244 e. The van der Waals surface area contributed by atoms with Gasteiger partial charge in [0.05, 0.1) is 23.6 Å². The zero-order valence-electron chi connectivity index (χ0n) is 17.1. The Kier molecular flexibility index (Phi) is 4.38. The van der Waals surface area contributed by atoms with Crippen LogP contribution in [-0.2, 0) is 17.8 Å². The van der Waals surface area contributed by atoms with E-state index in [1.807, 2.05) is 53.3 Å². The van der Waals surface area contributed by atoms with Crippen LogP contribution in [0.2, 0.25) is 0 Å². The Labute approximate surface area is 174 Å². The lowest BCUT2D eigenvalue weighted by molar-refractivity contribution is -0.123. The minimum Gasteiger partial charge on any atom is -0.347 e. The number of nitrogens with zero attached hydrogens (tertiary/aromatic N) is 5. The van der Waals surface area contributed by atoms with Gasteiger partial charge in [0.2, 0.25) is 5.91 Å². The van der Waals surface area contributed by atoms with E-state index >= 15 is 0 Å². The molecule has 7 nitrogen and oxygen atoms in total. The van der Waals surface area contributed by atoms with Crippen molar-refractivity contribution in [3.8, 4) is 5.69 Å². The fraction of sp³-hybridized carbons (Fsp3) is 0.304. The summed E-state index contributed by atoms with van der Waals surface area (Å²) in [4.78, 5) is 14.3. The van der Waals surface area contributed by atoms with Crippen molar-refractivity contribution < 1.29 is 4.79 Å². The Hall–Kier alpha value is -3.48. The average molecular weight is 400 g/mol. The van der Waals surface area contributed by atoms with Crippen LogP contribution in [0.25, 0.3) is 16.7 Å². The van der Waals surface area contributed by atoms with Crippen LogP contribution in [0, 0.1) is 5.41 Å². The molecule has 1 aliphatic carbocycles. The number of nitrogens with one attached hydrogen (secondary N) is 1.